The number of fused-ring (bicyclic) bond motifs is 2. The number of ether oxygens (including phenoxy) is 1. The number of hydrogen-bond donors (Lipinski definition) is 1. The van der Waals surface area contributed by atoms with Crippen molar-refractivity contribution in [1.82, 2.24) is 0 Å². The van der Waals surface area contributed by atoms with Crippen LogP contribution in [0.2, 0.25) is 0 Å². The predicted octanol–water partition coefficient (Wildman–Crippen LogP) is 3.85. The smallest absolute Gasteiger partial charge is 0.0646 e. The molecule has 0 unspecified atom stereocenters. The van der Waals surface area contributed by atoms with Crippen LogP contribution < -0.4 is 0 Å². The summed E-state index contributed by atoms with van der Waals surface area (Å²) in [6.45, 7) is 7.68. The second-order valence-electron chi connectivity index (χ2n) is 7.28. The third-order valence-corrected chi connectivity index (χ3v) is 6.21. The van der Waals surface area contributed by atoms with Crippen molar-refractivity contribution in [2.45, 2.75) is 39.7 Å². The van der Waals surface area contributed by atoms with Crippen LogP contribution in [0.4, 0.5) is 0 Å². The molecule has 1 aliphatic heterocycles. The van der Waals surface area contributed by atoms with E-state index < -0.39 is 0 Å². The Balaban J connectivity index is 1.77. The summed E-state index contributed by atoms with van der Waals surface area (Å²) in [6, 6.07) is 10.6. The molecule has 1 aromatic carbocycles. The molecule has 0 spiro atoms. The highest BCUT2D eigenvalue weighted by Crippen LogP contribution is 2.52. The summed E-state index contributed by atoms with van der Waals surface area (Å²) in [6.07, 6.45) is 4.77. The van der Waals surface area contributed by atoms with Crippen molar-refractivity contribution < 1.29 is 9.84 Å². The number of hydrogen-bond acceptors (Lipinski definition) is 2. The molecule has 1 aliphatic carbocycles. The van der Waals surface area contributed by atoms with Crippen LogP contribution in [0.1, 0.15) is 32.8 Å². The van der Waals surface area contributed by atoms with E-state index in [1.54, 1.807) is 0 Å². The maximum atomic E-state index is 10.0. The van der Waals surface area contributed by atoms with E-state index in [9.17, 15) is 5.11 Å². The Morgan fingerprint density at radius 1 is 1.23 bits per heavy atom. The molecule has 2 heteroatoms. The van der Waals surface area contributed by atoms with E-state index in [4.69, 9.17) is 4.74 Å². The number of allylic oxidation sites excluding steroid dienone is 1. The predicted molar refractivity (Wildman–Crippen MR) is 89.6 cm³/mol. The Morgan fingerprint density at radius 2 is 1.95 bits per heavy atom. The largest absolute Gasteiger partial charge is 0.396 e. The van der Waals surface area contributed by atoms with E-state index in [0.717, 1.165) is 12.8 Å². The lowest BCUT2D eigenvalue weighted by Crippen LogP contribution is -2.56. The van der Waals surface area contributed by atoms with Crippen molar-refractivity contribution in [2.24, 2.45) is 23.2 Å². The zero-order valence-corrected chi connectivity index (χ0v) is 14.0. The molecule has 2 aliphatic rings. The quantitative estimate of drug-likeness (QED) is 0.856. The monoisotopic (exact) mass is 300 g/mol. The Hall–Kier alpha value is -1.12. The lowest BCUT2D eigenvalue weighted by molar-refractivity contribution is -0.164. The molecular weight excluding hydrogens is 272 g/mol. The highest BCUT2D eigenvalue weighted by molar-refractivity contribution is 5.21. The van der Waals surface area contributed by atoms with Gasteiger partial charge in [0.1, 0.15) is 0 Å². The molecule has 1 N–H and O–H groups in total. The van der Waals surface area contributed by atoms with Gasteiger partial charge in [-0.05, 0) is 37.2 Å². The molecule has 3 rings (SSSR count). The van der Waals surface area contributed by atoms with Gasteiger partial charge in [0.25, 0.3) is 0 Å². The fourth-order valence-electron chi connectivity index (χ4n) is 4.63. The topological polar surface area (TPSA) is 29.5 Å². The Bertz CT molecular complexity index is 536. The van der Waals surface area contributed by atoms with Gasteiger partial charge in [-0.15, -0.1) is 0 Å². The number of benzene rings is 1. The lowest BCUT2D eigenvalue weighted by Gasteiger charge is -2.55. The number of aliphatic hydroxyl groups excluding tert-OH is 1. The van der Waals surface area contributed by atoms with E-state index >= 15 is 0 Å². The van der Waals surface area contributed by atoms with Crippen LogP contribution in [0.15, 0.2) is 42.0 Å². The Morgan fingerprint density at radius 3 is 2.64 bits per heavy atom. The minimum atomic E-state index is -0.0899. The summed E-state index contributed by atoms with van der Waals surface area (Å²) < 4.78 is 6.27. The minimum Gasteiger partial charge on any atom is -0.396 e. The fraction of sp³-hybridized carbons (Fsp3) is 0.600. The van der Waals surface area contributed by atoms with Crippen molar-refractivity contribution in [3.63, 3.8) is 0 Å². The molecule has 1 fully saturated rings. The van der Waals surface area contributed by atoms with Gasteiger partial charge in [0, 0.05) is 11.3 Å². The lowest BCUT2D eigenvalue weighted by atomic mass is 9.56. The number of aliphatic hydroxyl groups is 1. The maximum absolute atomic E-state index is 10.0. The molecule has 1 aromatic rings. The van der Waals surface area contributed by atoms with Crippen LogP contribution in [0, 0.1) is 23.2 Å². The van der Waals surface area contributed by atoms with Crippen LogP contribution in [-0.2, 0) is 11.2 Å². The summed E-state index contributed by atoms with van der Waals surface area (Å²) in [5.41, 5.74) is 2.73. The average Bonchev–Trinajstić information content (AvgIpc) is 2.52. The van der Waals surface area contributed by atoms with Gasteiger partial charge >= 0.3 is 0 Å². The molecule has 0 aromatic heterocycles. The SMILES string of the molecule is CC1=C[C@H](C)[C@@]2(CO)CO[C@@H](CCc3ccccc3)[C@H]1[C@@H]2C. The Labute approximate surface area is 134 Å². The van der Waals surface area contributed by atoms with Gasteiger partial charge in [-0.25, -0.2) is 0 Å². The first-order valence-electron chi connectivity index (χ1n) is 8.53. The second kappa shape index (κ2) is 6.17. The molecule has 2 bridgehead atoms. The minimum absolute atomic E-state index is 0.0899. The first-order valence-corrected chi connectivity index (χ1v) is 8.53. The molecule has 22 heavy (non-hydrogen) atoms. The standard InChI is InChI=1S/C20H28O2/c1-14-11-15(2)20(12-21)13-22-18(19(14)16(20)3)10-9-17-7-5-4-6-8-17/h4-8,11,15-16,18-19,21H,9-10,12-13H2,1-3H3/t15-,16-,18-,19+,20+/m0/s1. The van der Waals surface area contributed by atoms with Gasteiger partial charge in [0.05, 0.1) is 19.3 Å². The van der Waals surface area contributed by atoms with Gasteiger partial charge in [-0.2, -0.15) is 0 Å². The summed E-state index contributed by atoms with van der Waals surface area (Å²) in [5, 5.41) is 10.0. The van der Waals surface area contributed by atoms with Crippen LogP contribution >= 0.6 is 0 Å². The highest BCUT2D eigenvalue weighted by Gasteiger charge is 2.52. The van der Waals surface area contributed by atoms with Gasteiger partial charge in [-0.3, -0.25) is 0 Å². The molecule has 1 heterocycles. The fourth-order valence-corrected chi connectivity index (χ4v) is 4.63. The molecular formula is C20H28O2. The summed E-state index contributed by atoms with van der Waals surface area (Å²) in [7, 11) is 0. The molecule has 5 atom stereocenters. The van der Waals surface area contributed by atoms with Crippen molar-refractivity contribution >= 4 is 0 Å². The normalized spacial score (nSPS) is 37.7. The van der Waals surface area contributed by atoms with Crippen LogP contribution in [0.25, 0.3) is 0 Å². The molecule has 2 nitrogen and oxygen atoms in total. The third-order valence-electron chi connectivity index (χ3n) is 6.21. The van der Waals surface area contributed by atoms with Crippen molar-refractivity contribution in [3.8, 4) is 0 Å². The van der Waals surface area contributed by atoms with E-state index in [1.165, 1.54) is 11.1 Å². The van der Waals surface area contributed by atoms with E-state index in [1.807, 2.05) is 0 Å². The summed E-state index contributed by atoms with van der Waals surface area (Å²) in [5.74, 6) is 1.31. The molecule has 0 amide bonds. The molecule has 120 valence electrons. The van der Waals surface area contributed by atoms with E-state index in [0.29, 0.717) is 24.4 Å². The Kier molecular flexibility index (Phi) is 4.42. The van der Waals surface area contributed by atoms with E-state index in [-0.39, 0.29) is 18.1 Å². The summed E-state index contributed by atoms with van der Waals surface area (Å²) in [4.78, 5) is 0. The van der Waals surface area contributed by atoms with Gasteiger partial charge < -0.3 is 9.84 Å². The number of aryl methyl sites for hydroxylation is 1. The third kappa shape index (κ3) is 2.53. The molecule has 0 radical (unpaired) electrons. The first kappa shape index (κ1) is 15.8. The van der Waals surface area contributed by atoms with Crippen molar-refractivity contribution in [1.29, 1.82) is 0 Å². The first-order chi connectivity index (χ1) is 10.6. The second-order valence-corrected chi connectivity index (χ2v) is 7.28. The van der Waals surface area contributed by atoms with Gasteiger partial charge in [0.15, 0.2) is 0 Å². The average molecular weight is 300 g/mol. The van der Waals surface area contributed by atoms with E-state index in [2.05, 4.69) is 57.2 Å². The van der Waals surface area contributed by atoms with Crippen LogP contribution in [0.5, 0.6) is 0 Å². The molecule has 0 saturated carbocycles. The van der Waals surface area contributed by atoms with Gasteiger partial charge in [0.2, 0.25) is 0 Å². The number of rotatable bonds is 4. The van der Waals surface area contributed by atoms with Crippen molar-refractivity contribution in [2.75, 3.05) is 13.2 Å². The zero-order valence-electron chi connectivity index (χ0n) is 14.0. The van der Waals surface area contributed by atoms with Crippen LogP contribution in [0.3, 0.4) is 0 Å². The summed E-state index contributed by atoms with van der Waals surface area (Å²) >= 11 is 0. The van der Waals surface area contributed by atoms with Crippen LogP contribution in [-0.4, -0.2) is 24.4 Å². The zero-order chi connectivity index (χ0) is 15.7. The molecule has 1 saturated heterocycles. The maximum Gasteiger partial charge on any atom is 0.0646 e. The highest BCUT2D eigenvalue weighted by atomic mass is 16.5. The van der Waals surface area contributed by atoms with Crippen molar-refractivity contribution in [3.05, 3.63) is 47.5 Å². The van der Waals surface area contributed by atoms with Gasteiger partial charge in [-0.1, -0.05) is 55.8 Å².